The summed E-state index contributed by atoms with van der Waals surface area (Å²) in [5.74, 6) is 0.925. The first-order chi connectivity index (χ1) is 9.78. The van der Waals surface area contributed by atoms with Crippen LogP contribution in [0.3, 0.4) is 0 Å². The Morgan fingerprint density at radius 3 is 2.85 bits per heavy atom. The fraction of sp³-hybridized carbons (Fsp3) is 0.333. The van der Waals surface area contributed by atoms with Crippen molar-refractivity contribution < 1.29 is 4.74 Å². The molecule has 1 aromatic heterocycles. The predicted molar refractivity (Wildman–Crippen MR) is 81.1 cm³/mol. The van der Waals surface area contributed by atoms with Crippen molar-refractivity contribution in [1.29, 1.82) is 0 Å². The molecule has 0 saturated carbocycles. The molecule has 0 saturated heterocycles. The lowest BCUT2D eigenvalue weighted by molar-refractivity contribution is 0.180. The van der Waals surface area contributed by atoms with Crippen LogP contribution in [0.25, 0.3) is 0 Å². The average molecular weight is 290 g/mol. The number of nitrogens with zero attached hydrogens (tertiary/aromatic N) is 1. The smallest absolute Gasteiger partial charge is 0.251 e. The van der Waals surface area contributed by atoms with Crippen molar-refractivity contribution in [2.24, 2.45) is 0 Å². The Morgan fingerprint density at radius 1 is 1.30 bits per heavy atom. The summed E-state index contributed by atoms with van der Waals surface area (Å²) in [6.07, 6.45) is 2.09. The van der Waals surface area contributed by atoms with E-state index in [1.54, 1.807) is 18.9 Å². The molecule has 1 aromatic carbocycles. The average Bonchev–Trinajstić information content (AvgIpc) is 2.45. The number of thioether (sulfide) groups is 1. The Kier molecular flexibility index (Phi) is 5.83. The van der Waals surface area contributed by atoms with Crippen LogP contribution in [-0.4, -0.2) is 22.8 Å². The summed E-state index contributed by atoms with van der Waals surface area (Å²) in [6.45, 7) is 0.363. The Hall–Kier alpha value is -1.59. The van der Waals surface area contributed by atoms with Crippen molar-refractivity contribution in [3.05, 3.63) is 58.0 Å². The minimum absolute atomic E-state index is 0.127. The highest BCUT2D eigenvalue weighted by Gasteiger charge is 2.02. The molecular formula is C15H18N2O2S. The van der Waals surface area contributed by atoms with Crippen LogP contribution in [0, 0.1) is 0 Å². The summed E-state index contributed by atoms with van der Waals surface area (Å²) in [4.78, 5) is 18.6. The van der Waals surface area contributed by atoms with E-state index in [2.05, 4.69) is 34.2 Å². The molecule has 0 aliphatic carbocycles. The molecular weight excluding hydrogens is 272 g/mol. The SMILES string of the molecule is COCc1cc(=O)[nH]c(SCCCc2ccccc2)n1. The number of aromatic amines is 1. The summed E-state index contributed by atoms with van der Waals surface area (Å²) in [6, 6.07) is 11.9. The second-order valence-electron chi connectivity index (χ2n) is 4.41. The van der Waals surface area contributed by atoms with Crippen LogP contribution in [-0.2, 0) is 17.8 Å². The van der Waals surface area contributed by atoms with E-state index in [1.165, 1.54) is 11.6 Å². The minimum Gasteiger partial charge on any atom is -0.378 e. The number of ether oxygens (including phenoxy) is 1. The Bertz CT molecular complexity index is 584. The summed E-state index contributed by atoms with van der Waals surface area (Å²) >= 11 is 1.57. The van der Waals surface area contributed by atoms with Gasteiger partial charge >= 0.3 is 0 Å². The number of nitrogens with one attached hydrogen (secondary N) is 1. The van der Waals surface area contributed by atoms with Gasteiger partial charge in [-0.25, -0.2) is 4.98 Å². The predicted octanol–water partition coefficient (Wildman–Crippen LogP) is 2.64. The van der Waals surface area contributed by atoms with E-state index >= 15 is 0 Å². The van der Waals surface area contributed by atoms with Crippen LogP contribution in [0.4, 0.5) is 0 Å². The number of hydrogen-bond donors (Lipinski definition) is 1. The molecule has 0 bridgehead atoms. The van der Waals surface area contributed by atoms with Gasteiger partial charge in [-0.3, -0.25) is 4.79 Å². The van der Waals surface area contributed by atoms with Crippen molar-refractivity contribution in [3.8, 4) is 0 Å². The second kappa shape index (κ2) is 7.87. The van der Waals surface area contributed by atoms with Gasteiger partial charge in [0, 0.05) is 18.9 Å². The molecule has 0 unspecified atom stereocenters. The molecule has 0 amide bonds. The molecule has 1 N–H and O–H groups in total. The third-order valence-electron chi connectivity index (χ3n) is 2.76. The maximum atomic E-state index is 11.5. The van der Waals surface area contributed by atoms with Crippen LogP contribution in [0.15, 0.2) is 46.3 Å². The zero-order chi connectivity index (χ0) is 14.2. The molecule has 1 heterocycles. The van der Waals surface area contributed by atoms with Crippen molar-refractivity contribution in [2.75, 3.05) is 12.9 Å². The summed E-state index contributed by atoms with van der Waals surface area (Å²) < 4.78 is 5.00. The highest BCUT2D eigenvalue weighted by molar-refractivity contribution is 7.99. The number of hydrogen-bond acceptors (Lipinski definition) is 4. The van der Waals surface area contributed by atoms with Gasteiger partial charge < -0.3 is 9.72 Å². The van der Waals surface area contributed by atoms with Crippen LogP contribution < -0.4 is 5.56 Å². The molecule has 4 nitrogen and oxygen atoms in total. The van der Waals surface area contributed by atoms with Gasteiger partial charge in [-0.15, -0.1) is 0 Å². The number of rotatable bonds is 7. The maximum Gasteiger partial charge on any atom is 0.251 e. The third-order valence-corrected chi connectivity index (χ3v) is 3.72. The topological polar surface area (TPSA) is 55.0 Å². The number of H-pyrrole nitrogens is 1. The number of aromatic nitrogens is 2. The minimum atomic E-state index is -0.127. The van der Waals surface area contributed by atoms with Gasteiger partial charge in [0.15, 0.2) is 5.16 Å². The van der Waals surface area contributed by atoms with E-state index in [0.29, 0.717) is 17.5 Å². The van der Waals surface area contributed by atoms with Crippen molar-refractivity contribution >= 4 is 11.8 Å². The molecule has 0 spiro atoms. The molecule has 106 valence electrons. The lowest BCUT2D eigenvalue weighted by atomic mass is 10.1. The van der Waals surface area contributed by atoms with Gasteiger partial charge in [0.2, 0.25) is 0 Å². The van der Waals surface area contributed by atoms with Crippen LogP contribution >= 0.6 is 11.8 Å². The summed E-state index contributed by atoms with van der Waals surface area (Å²) in [7, 11) is 1.59. The van der Waals surface area contributed by atoms with Gasteiger partial charge in [-0.05, 0) is 18.4 Å². The highest BCUT2D eigenvalue weighted by atomic mass is 32.2. The number of benzene rings is 1. The largest absolute Gasteiger partial charge is 0.378 e. The fourth-order valence-electron chi connectivity index (χ4n) is 1.86. The van der Waals surface area contributed by atoms with E-state index in [9.17, 15) is 4.79 Å². The number of aryl methyl sites for hydroxylation is 1. The van der Waals surface area contributed by atoms with Gasteiger partial charge in [-0.2, -0.15) is 0 Å². The summed E-state index contributed by atoms with van der Waals surface area (Å²) in [5, 5.41) is 0.664. The Morgan fingerprint density at radius 2 is 2.10 bits per heavy atom. The van der Waals surface area contributed by atoms with Crippen molar-refractivity contribution in [3.63, 3.8) is 0 Å². The number of methoxy groups -OCH3 is 1. The van der Waals surface area contributed by atoms with E-state index < -0.39 is 0 Å². The lowest BCUT2D eigenvalue weighted by Crippen LogP contribution is -2.10. The van der Waals surface area contributed by atoms with Gasteiger partial charge in [0.25, 0.3) is 5.56 Å². The van der Waals surface area contributed by atoms with Gasteiger partial charge in [0.1, 0.15) is 0 Å². The molecule has 0 aliphatic heterocycles. The van der Waals surface area contributed by atoms with E-state index in [0.717, 1.165) is 18.6 Å². The molecule has 20 heavy (non-hydrogen) atoms. The first-order valence-corrected chi connectivity index (χ1v) is 7.52. The van der Waals surface area contributed by atoms with Crippen molar-refractivity contribution in [2.45, 2.75) is 24.6 Å². The summed E-state index contributed by atoms with van der Waals surface area (Å²) in [5.41, 5.74) is 1.88. The lowest BCUT2D eigenvalue weighted by Gasteiger charge is -2.04. The van der Waals surface area contributed by atoms with Crippen molar-refractivity contribution in [1.82, 2.24) is 9.97 Å². The first kappa shape index (κ1) is 14.8. The standard InChI is InChI=1S/C15H18N2O2S/c1-19-11-13-10-14(18)17-15(16-13)20-9-5-8-12-6-3-2-4-7-12/h2-4,6-7,10H,5,8-9,11H2,1H3,(H,16,17,18). The maximum absolute atomic E-state index is 11.5. The zero-order valence-corrected chi connectivity index (χ0v) is 12.3. The zero-order valence-electron chi connectivity index (χ0n) is 11.5. The quantitative estimate of drug-likeness (QED) is 0.484. The van der Waals surface area contributed by atoms with E-state index in [1.807, 2.05) is 6.07 Å². The molecule has 0 atom stereocenters. The molecule has 2 rings (SSSR count). The van der Waals surface area contributed by atoms with Crippen LogP contribution in [0.5, 0.6) is 0 Å². The highest BCUT2D eigenvalue weighted by Crippen LogP contribution is 2.14. The van der Waals surface area contributed by atoms with Crippen LogP contribution in [0.2, 0.25) is 0 Å². The van der Waals surface area contributed by atoms with E-state index in [-0.39, 0.29) is 5.56 Å². The van der Waals surface area contributed by atoms with E-state index in [4.69, 9.17) is 4.74 Å². The molecule has 2 aromatic rings. The molecule has 5 heteroatoms. The second-order valence-corrected chi connectivity index (χ2v) is 5.50. The Labute approximate surface area is 122 Å². The molecule has 0 aliphatic rings. The first-order valence-electron chi connectivity index (χ1n) is 6.54. The van der Waals surface area contributed by atoms with Crippen LogP contribution in [0.1, 0.15) is 17.7 Å². The van der Waals surface area contributed by atoms with Gasteiger partial charge in [-0.1, -0.05) is 42.1 Å². The fourth-order valence-corrected chi connectivity index (χ4v) is 2.70. The van der Waals surface area contributed by atoms with Gasteiger partial charge in [0.05, 0.1) is 12.3 Å². The molecule has 0 fully saturated rings. The third kappa shape index (κ3) is 4.83. The molecule has 0 radical (unpaired) electrons. The normalized spacial score (nSPS) is 10.7. The Balaban J connectivity index is 1.83. The monoisotopic (exact) mass is 290 g/mol.